The zero-order valence-electron chi connectivity index (χ0n) is 17.7. The van der Waals surface area contributed by atoms with E-state index in [9.17, 15) is 26.8 Å². The van der Waals surface area contributed by atoms with Crippen LogP contribution >= 0.6 is 0 Å². The average Bonchev–Trinajstić information content (AvgIpc) is 3.08. The number of anilines is 2. The molecular weight excluding hydrogens is 456 g/mol. The molecule has 4 rings (SSSR count). The number of amides is 2. The van der Waals surface area contributed by atoms with E-state index in [1.54, 1.807) is 0 Å². The highest BCUT2D eigenvalue weighted by Crippen LogP contribution is 2.35. The zero-order chi connectivity index (χ0) is 23.6. The SMILES string of the molecule is O=C(CN1C(=O)COc2ccc(S(=O)(=O)N3CCCCCC3)cc21)Nc1ccc(F)cc1F. The molecular formula is C22H23F2N3O5S. The number of sulfonamides is 1. The third kappa shape index (κ3) is 4.98. The second-order valence-corrected chi connectivity index (χ2v) is 9.83. The molecule has 0 atom stereocenters. The molecule has 8 nitrogen and oxygen atoms in total. The van der Waals surface area contributed by atoms with Crippen LogP contribution in [-0.4, -0.2) is 50.8 Å². The van der Waals surface area contributed by atoms with Gasteiger partial charge < -0.3 is 10.1 Å². The van der Waals surface area contributed by atoms with Gasteiger partial charge in [-0.05, 0) is 43.2 Å². The Hall–Kier alpha value is -3.05. The molecule has 0 saturated carbocycles. The van der Waals surface area contributed by atoms with Gasteiger partial charge in [-0.3, -0.25) is 14.5 Å². The highest BCUT2D eigenvalue weighted by Gasteiger charge is 2.31. The Morgan fingerprint density at radius 2 is 1.76 bits per heavy atom. The molecule has 1 N–H and O–H groups in total. The first kappa shape index (κ1) is 23.1. The van der Waals surface area contributed by atoms with Gasteiger partial charge in [0, 0.05) is 19.2 Å². The fourth-order valence-electron chi connectivity index (χ4n) is 3.87. The minimum Gasteiger partial charge on any atom is -0.482 e. The minimum atomic E-state index is -3.79. The molecule has 0 unspecified atom stereocenters. The summed E-state index contributed by atoms with van der Waals surface area (Å²) in [6.45, 7) is 0.0110. The molecule has 11 heteroatoms. The van der Waals surface area contributed by atoms with Gasteiger partial charge >= 0.3 is 0 Å². The number of carbonyl (C=O) groups is 2. The molecule has 0 aromatic heterocycles. The molecule has 2 aromatic rings. The summed E-state index contributed by atoms with van der Waals surface area (Å²) in [5, 5.41) is 2.30. The first-order chi connectivity index (χ1) is 15.8. The maximum atomic E-state index is 13.9. The summed E-state index contributed by atoms with van der Waals surface area (Å²) in [5.74, 6) is -2.78. The van der Waals surface area contributed by atoms with Crippen LogP contribution in [0.5, 0.6) is 5.75 Å². The summed E-state index contributed by atoms with van der Waals surface area (Å²) >= 11 is 0. The van der Waals surface area contributed by atoms with E-state index in [0.717, 1.165) is 42.7 Å². The van der Waals surface area contributed by atoms with Crippen molar-refractivity contribution >= 4 is 33.2 Å². The van der Waals surface area contributed by atoms with E-state index in [4.69, 9.17) is 4.74 Å². The Bertz CT molecular complexity index is 1180. The molecule has 1 saturated heterocycles. The Labute approximate surface area is 190 Å². The first-order valence-electron chi connectivity index (χ1n) is 10.6. The Kier molecular flexibility index (Phi) is 6.61. The summed E-state index contributed by atoms with van der Waals surface area (Å²) in [6.07, 6.45) is 3.49. The predicted molar refractivity (Wildman–Crippen MR) is 117 cm³/mol. The third-order valence-corrected chi connectivity index (χ3v) is 7.48. The standard InChI is InChI=1S/C22H23F2N3O5S/c23-15-5-7-18(17(24)11-15)25-21(28)13-27-19-12-16(6-8-20(19)32-14-22(27)29)33(30,31)26-9-3-1-2-4-10-26/h5-8,11-12H,1-4,9-10,13-14H2,(H,25,28). The van der Waals surface area contributed by atoms with Gasteiger partial charge in [0.2, 0.25) is 15.9 Å². The number of halogens is 2. The van der Waals surface area contributed by atoms with Crippen molar-refractivity contribution in [2.75, 3.05) is 36.5 Å². The molecule has 0 spiro atoms. The molecule has 0 aliphatic carbocycles. The number of hydrogen-bond acceptors (Lipinski definition) is 5. The van der Waals surface area contributed by atoms with Crippen LogP contribution in [0.25, 0.3) is 0 Å². The summed E-state index contributed by atoms with van der Waals surface area (Å²) < 4.78 is 60.1. The monoisotopic (exact) mass is 479 g/mol. The van der Waals surface area contributed by atoms with Gasteiger partial charge in [0.1, 0.15) is 23.9 Å². The van der Waals surface area contributed by atoms with Gasteiger partial charge in [0.05, 0.1) is 16.3 Å². The number of nitrogens with one attached hydrogen (secondary N) is 1. The highest BCUT2D eigenvalue weighted by atomic mass is 32.2. The van der Waals surface area contributed by atoms with E-state index in [1.807, 2.05) is 0 Å². The smallest absolute Gasteiger partial charge is 0.265 e. The number of rotatable bonds is 5. The van der Waals surface area contributed by atoms with Crippen molar-refractivity contribution in [1.29, 1.82) is 0 Å². The highest BCUT2D eigenvalue weighted by molar-refractivity contribution is 7.89. The van der Waals surface area contributed by atoms with Gasteiger partial charge in [-0.2, -0.15) is 4.31 Å². The van der Waals surface area contributed by atoms with E-state index >= 15 is 0 Å². The van der Waals surface area contributed by atoms with Gasteiger partial charge in [0.25, 0.3) is 5.91 Å². The molecule has 0 radical (unpaired) electrons. The quantitative estimate of drug-likeness (QED) is 0.712. The van der Waals surface area contributed by atoms with Crippen molar-refractivity contribution in [1.82, 2.24) is 4.31 Å². The molecule has 2 aliphatic rings. The van der Waals surface area contributed by atoms with E-state index in [-0.39, 0.29) is 28.6 Å². The third-order valence-electron chi connectivity index (χ3n) is 5.58. The van der Waals surface area contributed by atoms with Crippen molar-refractivity contribution in [2.24, 2.45) is 0 Å². The minimum absolute atomic E-state index is 0.00330. The summed E-state index contributed by atoms with van der Waals surface area (Å²) in [4.78, 5) is 26.1. The van der Waals surface area contributed by atoms with Crippen LogP contribution in [0.2, 0.25) is 0 Å². The van der Waals surface area contributed by atoms with Crippen molar-refractivity contribution in [3.8, 4) is 5.75 Å². The lowest BCUT2D eigenvalue weighted by Gasteiger charge is -2.30. The molecule has 2 amide bonds. The Balaban J connectivity index is 1.58. The van der Waals surface area contributed by atoms with Gasteiger partial charge in [0.15, 0.2) is 6.61 Å². The van der Waals surface area contributed by atoms with Gasteiger partial charge in [-0.25, -0.2) is 17.2 Å². The molecule has 0 bridgehead atoms. The van der Waals surface area contributed by atoms with Crippen molar-refractivity contribution < 1.29 is 31.5 Å². The lowest BCUT2D eigenvalue weighted by Crippen LogP contribution is -2.43. The van der Waals surface area contributed by atoms with Crippen LogP contribution in [0.4, 0.5) is 20.2 Å². The summed E-state index contributed by atoms with van der Waals surface area (Å²) in [6, 6.07) is 6.89. The Morgan fingerprint density at radius 3 is 2.45 bits per heavy atom. The van der Waals surface area contributed by atoms with E-state index in [1.165, 1.54) is 22.5 Å². The largest absolute Gasteiger partial charge is 0.482 e. The fraction of sp³-hybridized carbons (Fsp3) is 0.364. The van der Waals surface area contributed by atoms with E-state index < -0.39 is 40.0 Å². The van der Waals surface area contributed by atoms with Crippen molar-refractivity contribution in [2.45, 2.75) is 30.6 Å². The zero-order valence-corrected chi connectivity index (χ0v) is 18.5. The average molecular weight is 480 g/mol. The number of nitrogens with zero attached hydrogens (tertiary/aromatic N) is 2. The van der Waals surface area contributed by atoms with Crippen LogP contribution in [0.15, 0.2) is 41.3 Å². The molecule has 2 aliphatic heterocycles. The number of ether oxygens (including phenoxy) is 1. The molecule has 1 fully saturated rings. The van der Waals surface area contributed by atoms with Crippen LogP contribution in [0, 0.1) is 11.6 Å². The second-order valence-electron chi connectivity index (χ2n) is 7.89. The van der Waals surface area contributed by atoms with Crippen molar-refractivity contribution in [3.05, 3.63) is 48.0 Å². The van der Waals surface area contributed by atoms with Crippen LogP contribution in [0.1, 0.15) is 25.7 Å². The molecule has 2 heterocycles. The first-order valence-corrected chi connectivity index (χ1v) is 12.0. The van der Waals surface area contributed by atoms with Crippen molar-refractivity contribution in [3.63, 3.8) is 0 Å². The van der Waals surface area contributed by atoms with Crippen LogP contribution in [0.3, 0.4) is 0 Å². The molecule has 176 valence electrons. The summed E-state index contributed by atoms with van der Waals surface area (Å²) in [5.41, 5.74) is -0.100. The lowest BCUT2D eigenvalue weighted by molar-refractivity contribution is -0.123. The van der Waals surface area contributed by atoms with E-state index in [0.29, 0.717) is 19.2 Å². The number of carbonyl (C=O) groups excluding carboxylic acids is 2. The fourth-order valence-corrected chi connectivity index (χ4v) is 5.41. The lowest BCUT2D eigenvalue weighted by atomic mass is 10.2. The summed E-state index contributed by atoms with van der Waals surface area (Å²) in [7, 11) is -3.79. The predicted octanol–water partition coefficient (Wildman–Crippen LogP) is 2.89. The van der Waals surface area contributed by atoms with E-state index in [2.05, 4.69) is 5.32 Å². The topological polar surface area (TPSA) is 96.0 Å². The second kappa shape index (κ2) is 9.44. The van der Waals surface area contributed by atoms with Crippen LogP contribution < -0.4 is 15.0 Å². The van der Waals surface area contributed by atoms with Gasteiger partial charge in [-0.1, -0.05) is 12.8 Å². The Morgan fingerprint density at radius 1 is 1.03 bits per heavy atom. The maximum absolute atomic E-state index is 13.9. The van der Waals surface area contributed by atoms with Gasteiger partial charge in [-0.15, -0.1) is 0 Å². The maximum Gasteiger partial charge on any atom is 0.265 e. The molecule has 2 aromatic carbocycles. The normalized spacial score (nSPS) is 17.2. The number of benzene rings is 2. The number of fused-ring (bicyclic) bond motifs is 1. The molecule has 33 heavy (non-hydrogen) atoms. The van der Waals surface area contributed by atoms with Crippen LogP contribution in [-0.2, 0) is 19.6 Å². The number of hydrogen-bond donors (Lipinski definition) is 1.